The van der Waals surface area contributed by atoms with E-state index in [-0.39, 0.29) is 17.7 Å². The lowest BCUT2D eigenvalue weighted by atomic mass is 9.88. The fraction of sp³-hybridized carbons (Fsp3) is 0.263. The Morgan fingerprint density at radius 3 is 2.92 bits per heavy atom. The van der Waals surface area contributed by atoms with Crippen LogP contribution in [0.25, 0.3) is 21.7 Å². The lowest BCUT2D eigenvalue weighted by Crippen LogP contribution is -2.39. The minimum atomic E-state index is -0.354. The lowest BCUT2D eigenvalue weighted by molar-refractivity contribution is -0.134. The molecule has 1 unspecified atom stereocenters. The van der Waals surface area contributed by atoms with E-state index in [4.69, 9.17) is 9.15 Å². The van der Waals surface area contributed by atoms with Gasteiger partial charge in [0.15, 0.2) is 0 Å². The van der Waals surface area contributed by atoms with Crippen molar-refractivity contribution in [3.05, 3.63) is 47.7 Å². The molecule has 0 bridgehead atoms. The van der Waals surface area contributed by atoms with Gasteiger partial charge in [-0.05, 0) is 34.9 Å². The second-order valence-corrected chi connectivity index (χ2v) is 6.12. The summed E-state index contributed by atoms with van der Waals surface area (Å²) in [6.07, 6.45) is 2.51. The number of methoxy groups -OCH3 is 1. The van der Waals surface area contributed by atoms with E-state index in [1.807, 2.05) is 24.3 Å². The monoisotopic (exact) mass is 323 g/mol. The van der Waals surface area contributed by atoms with E-state index in [2.05, 4.69) is 11.4 Å². The number of benzene rings is 2. The quantitative estimate of drug-likeness (QED) is 0.751. The molecular weight excluding hydrogens is 306 g/mol. The molecule has 122 valence electrons. The number of furan rings is 1. The van der Waals surface area contributed by atoms with Gasteiger partial charge < -0.3 is 9.15 Å². The molecule has 0 aliphatic carbocycles. The number of carbonyl (C=O) groups excluding carboxylic acids is 2. The standard InChI is InChI=1S/C19H17NO4/c1-23-9-11-2-4-13-12(8-11)3-6-16-18(13)15(10-24-16)14-5-7-17(21)20-19(14)22/h2-4,6,8,10,14H,5,7,9H2,1H3,(H,20,21,22). The summed E-state index contributed by atoms with van der Waals surface area (Å²) in [7, 11) is 1.67. The van der Waals surface area contributed by atoms with E-state index in [0.29, 0.717) is 19.4 Å². The van der Waals surface area contributed by atoms with Crippen molar-refractivity contribution in [3.63, 3.8) is 0 Å². The highest BCUT2D eigenvalue weighted by Crippen LogP contribution is 2.37. The third-order valence-electron chi connectivity index (χ3n) is 4.57. The molecule has 1 aliphatic heterocycles. The van der Waals surface area contributed by atoms with Crippen LogP contribution in [0.1, 0.15) is 29.9 Å². The van der Waals surface area contributed by atoms with Crippen LogP contribution in [0, 0.1) is 0 Å². The maximum absolute atomic E-state index is 12.2. The molecule has 2 heterocycles. The number of hydrogen-bond donors (Lipinski definition) is 1. The van der Waals surface area contributed by atoms with Crippen molar-refractivity contribution in [2.45, 2.75) is 25.4 Å². The van der Waals surface area contributed by atoms with E-state index < -0.39 is 0 Å². The average Bonchev–Trinajstić information content (AvgIpc) is 2.99. The highest BCUT2D eigenvalue weighted by molar-refractivity contribution is 6.10. The van der Waals surface area contributed by atoms with Crippen LogP contribution in [0.3, 0.4) is 0 Å². The van der Waals surface area contributed by atoms with Gasteiger partial charge in [0.25, 0.3) is 0 Å². The van der Waals surface area contributed by atoms with Crippen molar-refractivity contribution in [1.82, 2.24) is 5.32 Å². The maximum Gasteiger partial charge on any atom is 0.234 e. The van der Waals surface area contributed by atoms with Crippen molar-refractivity contribution in [1.29, 1.82) is 0 Å². The van der Waals surface area contributed by atoms with Crippen molar-refractivity contribution in [2.75, 3.05) is 7.11 Å². The molecule has 1 aromatic heterocycles. The molecule has 1 atom stereocenters. The van der Waals surface area contributed by atoms with Gasteiger partial charge in [-0.3, -0.25) is 14.9 Å². The minimum absolute atomic E-state index is 0.210. The van der Waals surface area contributed by atoms with E-state index in [0.717, 1.165) is 32.9 Å². The molecule has 2 amide bonds. The maximum atomic E-state index is 12.2. The number of piperidine rings is 1. The second-order valence-electron chi connectivity index (χ2n) is 6.12. The molecule has 0 saturated carbocycles. The Morgan fingerprint density at radius 1 is 1.25 bits per heavy atom. The van der Waals surface area contributed by atoms with Gasteiger partial charge in [0, 0.05) is 24.5 Å². The zero-order valence-electron chi connectivity index (χ0n) is 13.3. The van der Waals surface area contributed by atoms with Gasteiger partial charge in [0.05, 0.1) is 18.8 Å². The summed E-state index contributed by atoms with van der Waals surface area (Å²) in [5, 5.41) is 5.49. The smallest absolute Gasteiger partial charge is 0.234 e. The number of carbonyl (C=O) groups is 2. The summed E-state index contributed by atoms with van der Waals surface area (Å²) in [5.41, 5.74) is 2.69. The third kappa shape index (κ3) is 2.37. The van der Waals surface area contributed by atoms with Crippen LogP contribution in [0.5, 0.6) is 0 Å². The molecule has 24 heavy (non-hydrogen) atoms. The van der Waals surface area contributed by atoms with Crippen LogP contribution < -0.4 is 5.32 Å². The summed E-state index contributed by atoms with van der Waals surface area (Å²) in [6.45, 7) is 0.555. The van der Waals surface area contributed by atoms with Gasteiger partial charge in [-0.15, -0.1) is 0 Å². The summed E-state index contributed by atoms with van der Waals surface area (Å²) in [4.78, 5) is 23.6. The van der Waals surface area contributed by atoms with Crippen LogP contribution >= 0.6 is 0 Å². The first-order chi connectivity index (χ1) is 11.7. The number of ether oxygens (including phenoxy) is 1. The molecule has 1 saturated heterocycles. The van der Waals surface area contributed by atoms with Gasteiger partial charge in [0.1, 0.15) is 5.58 Å². The van der Waals surface area contributed by atoms with Crippen molar-refractivity contribution in [2.24, 2.45) is 0 Å². The normalized spacial score (nSPS) is 18.3. The number of fused-ring (bicyclic) bond motifs is 3. The third-order valence-corrected chi connectivity index (χ3v) is 4.57. The van der Waals surface area contributed by atoms with Gasteiger partial charge in [-0.25, -0.2) is 0 Å². The molecule has 5 heteroatoms. The Balaban J connectivity index is 1.87. The minimum Gasteiger partial charge on any atom is -0.464 e. The van der Waals surface area contributed by atoms with Crippen LogP contribution in [0.2, 0.25) is 0 Å². The highest BCUT2D eigenvalue weighted by Gasteiger charge is 2.30. The Kier molecular flexibility index (Phi) is 3.58. The number of imide groups is 1. The lowest BCUT2D eigenvalue weighted by Gasteiger charge is -2.20. The molecule has 0 spiro atoms. The molecule has 3 aromatic rings. The average molecular weight is 323 g/mol. The summed E-state index contributed by atoms with van der Waals surface area (Å²) < 4.78 is 10.9. The van der Waals surface area contributed by atoms with Crippen molar-refractivity contribution >= 4 is 33.6 Å². The Labute approximate surface area is 138 Å². The zero-order chi connectivity index (χ0) is 16.7. The van der Waals surface area contributed by atoms with Gasteiger partial charge in [-0.2, -0.15) is 0 Å². The van der Waals surface area contributed by atoms with E-state index in [1.54, 1.807) is 13.4 Å². The molecule has 1 N–H and O–H groups in total. The summed E-state index contributed by atoms with van der Waals surface area (Å²) >= 11 is 0. The first-order valence-electron chi connectivity index (χ1n) is 7.93. The van der Waals surface area contributed by atoms with E-state index >= 15 is 0 Å². The van der Waals surface area contributed by atoms with Crippen LogP contribution in [0.4, 0.5) is 0 Å². The molecule has 1 aliphatic rings. The molecule has 4 rings (SSSR count). The predicted molar refractivity (Wildman–Crippen MR) is 89.6 cm³/mol. The van der Waals surface area contributed by atoms with Crippen molar-refractivity contribution < 1.29 is 18.7 Å². The molecule has 2 aromatic carbocycles. The molecule has 1 fully saturated rings. The molecular formula is C19H17NO4. The predicted octanol–water partition coefficient (Wildman–Crippen LogP) is 3.25. The molecule has 0 radical (unpaired) electrons. The number of rotatable bonds is 3. The Morgan fingerprint density at radius 2 is 2.12 bits per heavy atom. The van der Waals surface area contributed by atoms with Crippen LogP contribution in [0.15, 0.2) is 41.0 Å². The van der Waals surface area contributed by atoms with Crippen LogP contribution in [-0.4, -0.2) is 18.9 Å². The fourth-order valence-electron chi connectivity index (χ4n) is 3.44. The molecule has 5 nitrogen and oxygen atoms in total. The fourth-order valence-corrected chi connectivity index (χ4v) is 3.44. The summed E-state index contributed by atoms with van der Waals surface area (Å²) in [6, 6.07) is 10.1. The number of nitrogens with one attached hydrogen (secondary N) is 1. The number of hydrogen-bond acceptors (Lipinski definition) is 4. The largest absolute Gasteiger partial charge is 0.464 e. The first-order valence-corrected chi connectivity index (χ1v) is 7.93. The Bertz CT molecular complexity index is 957. The van der Waals surface area contributed by atoms with Crippen molar-refractivity contribution in [3.8, 4) is 0 Å². The summed E-state index contributed by atoms with van der Waals surface area (Å²) in [5.74, 6) is -0.812. The first kappa shape index (κ1) is 14.9. The second kappa shape index (κ2) is 5.76. The van der Waals surface area contributed by atoms with E-state index in [1.165, 1.54) is 0 Å². The van der Waals surface area contributed by atoms with Gasteiger partial charge in [0.2, 0.25) is 11.8 Å². The van der Waals surface area contributed by atoms with Gasteiger partial charge in [-0.1, -0.05) is 18.2 Å². The highest BCUT2D eigenvalue weighted by atomic mass is 16.5. The zero-order valence-corrected chi connectivity index (χ0v) is 13.3. The number of amides is 2. The Hall–Kier alpha value is -2.66. The SMILES string of the molecule is COCc1ccc2c(ccc3occ(C4CCC(=O)NC4=O)c32)c1. The van der Waals surface area contributed by atoms with Gasteiger partial charge >= 0.3 is 0 Å². The van der Waals surface area contributed by atoms with Crippen LogP contribution in [-0.2, 0) is 20.9 Å². The van der Waals surface area contributed by atoms with E-state index in [9.17, 15) is 9.59 Å². The topological polar surface area (TPSA) is 68.5 Å².